The average Bonchev–Trinajstić information content (AvgIpc) is 3.14. The number of nitrogens with two attached hydrogens (primary N) is 2. The highest BCUT2D eigenvalue weighted by Crippen LogP contribution is 2.19. The van der Waals surface area contributed by atoms with Crippen molar-refractivity contribution in [2.75, 3.05) is 32.1 Å². The summed E-state index contributed by atoms with van der Waals surface area (Å²) in [5.74, 6) is -5.54. The number of urea groups is 1. The summed E-state index contributed by atoms with van der Waals surface area (Å²) >= 11 is 0. The molecule has 318 valence electrons. The summed E-state index contributed by atoms with van der Waals surface area (Å²) in [5, 5.41) is 15.4. The van der Waals surface area contributed by atoms with Gasteiger partial charge in [-0.15, -0.1) is 0 Å². The molecular weight excluding hydrogens is 744 g/mol. The number of rotatable bonds is 26. The van der Waals surface area contributed by atoms with Gasteiger partial charge >= 0.3 is 12.0 Å². The van der Waals surface area contributed by atoms with Crippen molar-refractivity contribution in [1.82, 2.24) is 26.6 Å². The van der Waals surface area contributed by atoms with E-state index in [-0.39, 0.29) is 93.8 Å². The SMILES string of the molecule is CNC(=O)c1cc(NC(=O)[C@H](CCCNC(N)=O)NC(=O)[C@@H](NC(=O)[C@H](CCC(N)=O)NC(=O)CCOCCC(=O)C(C)C)C(C)C)ccc1COC(=O)C(C)C. The van der Waals surface area contributed by atoms with Crippen LogP contribution in [-0.4, -0.2) is 98.2 Å². The van der Waals surface area contributed by atoms with Gasteiger partial charge in [-0.3, -0.25) is 38.4 Å². The van der Waals surface area contributed by atoms with E-state index >= 15 is 0 Å². The fourth-order valence-electron chi connectivity index (χ4n) is 5.06. The second-order valence-electron chi connectivity index (χ2n) is 14.3. The van der Waals surface area contributed by atoms with Crippen molar-refractivity contribution < 1.29 is 52.6 Å². The fraction of sp³-hybridized carbons (Fsp3) is 0.605. The molecule has 1 aromatic carbocycles. The Labute approximate surface area is 333 Å². The molecule has 8 amide bonds. The molecule has 0 unspecified atom stereocenters. The molecule has 0 aliphatic rings. The summed E-state index contributed by atoms with van der Waals surface area (Å²) < 4.78 is 10.7. The lowest BCUT2D eigenvalue weighted by atomic mass is 10.0. The largest absolute Gasteiger partial charge is 0.461 e. The molecule has 0 saturated carbocycles. The van der Waals surface area contributed by atoms with Crippen molar-refractivity contribution in [3.8, 4) is 0 Å². The molecular formula is C38H60N8O11. The molecule has 0 aliphatic heterocycles. The second-order valence-corrected chi connectivity index (χ2v) is 14.3. The van der Waals surface area contributed by atoms with E-state index in [1.807, 2.05) is 0 Å². The van der Waals surface area contributed by atoms with Gasteiger partial charge in [-0.2, -0.15) is 0 Å². The fourth-order valence-corrected chi connectivity index (χ4v) is 5.06. The van der Waals surface area contributed by atoms with Gasteiger partial charge in [0.25, 0.3) is 5.91 Å². The monoisotopic (exact) mass is 804 g/mol. The van der Waals surface area contributed by atoms with Crippen LogP contribution in [-0.2, 0) is 49.6 Å². The van der Waals surface area contributed by atoms with Crippen LogP contribution in [0.25, 0.3) is 0 Å². The summed E-state index contributed by atoms with van der Waals surface area (Å²) in [4.78, 5) is 113. The van der Waals surface area contributed by atoms with E-state index in [2.05, 4.69) is 31.9 Å². The van der Waals surface area contributed by atoms with E-state index in [4.69, 9.17) is 20.9 Å². The number of primary amides is 2. The Morgan fingerprint density at radius 3 is 1.96 bits per heavy atom. The molecule has 0 spiro atoms. The first-order valence-electron chi connectivity index (χ1n) is 18.9. The zero-order valence-corrected chi connectivity index (χ0v) is 33.9. The number of ether oxygens (including phenoxy) is 2. The molecule has 0 fully saturated rings. The van der Waals surface area contributed by atoms with Crippen molar-refractivity contribution in [2.24, 2.45) is 29.2 Å². The lowest BCUT2D eigenvalue weighted by Crippen LogP contribution is -2.58. The smallest absolute Gasteiger partial charge is 0.312 e. The number of esters is 1. The van der Waals surface area contributed by atoms with Crippen LogP contribution in [0.3, 0.4) is 0 Å². The number of nitrogens with one attached hydrogen (secondary N) is 6. The van der Waals surface area contributed by atoms with Crippen molar-refractivity contribution in [3.63, 3.8) is 0 Å². The Bertz CT molecular complexity index is 1580. The minimum atomic E-state index is -1.26. The van der Waals surface area contributed by atoms with Gasteiger partial charge in [0.2, 0.25) is 29.5 Å². The van der Waals surface area contributed by atoms with E-state index in [0.29, 0.717) is 5.56 Å². The molecule has 57 heavy (non-hydrogen) atoms. The van der Waals surface area contributed by atoms with Gasteiger partial charge in [0.15, 0.2) is 0 Å². The van der Waals surface area contributed by atoms with Gasteiger partial charge in [0, 0.05) is 55.6 Å². The Morgan fingerprint density at radius 2 is 1.39 bits per heavy atom. The van der Waals surface area contributed by atoms with Gasteiger partial charge in [0.05, 0.1) is 19.1 Å². The molecule has 0 aromatic heterocycles. The van der Waals surface area contributed by atoms with E-state index < -0.39 is 71.5 Å². The first-order chi connectivity index (χ1) is 26.8. The molecule has 10 N–H and O–H groups in total. The number of hydrogen-bond acceptors (Lipinski definition) is 11. The van der Waals surface area contributed by atoms with Crippen molar-refractivity contribution in [1.29, 1.82) is 0 Å². The molecule has 1 rings (SSSR count). The molecule has 19 heteroatoms. The molecule has 19 nitrogen and oxygen atoms in total. The summed E-state index contributed by atoms with van der Waals surface area (Å²) in [6.45, 7) is 10.2. The molecule has 0 saturated heterocycles. The molecule has 1 aromatic rings. The minimum Gasteiger partial charge on any atom is -0.461 e. The average molecular weight is 805 g/mol. The van der Waals surface area contributed by atoms with Crippen molar-refractivity contribution in [3.05, 3.63) is 29.3 Å². The number of benzene rings is 1. The molecule has 0 bridgehead atoms. The first kappa shape index (κ1) is 49.4. The van der Waals surface area contributed by atoms with Crippen molar-refractivity contribution >= 4 is 58.9 Å². The highest BCUT2D eigenvalue weighted by Gasteiger charge is 2.32. The number of carbonyl (C=O) groups is 9. The summed E-state index contributed by atoms with van der Waals surface area (Å²) in [7, 11) is 1.41. The first-order valence-corrected chi connectivity index (χ1v) is 18.9. The molecule has 3 atom stereocenters. The zero-order valence-electron chi connectivity index (χ0n) is 33.9. The predicted molar refractivity (Wildman–Crippen MR) is 209 cm³/mol. The van der Waals surface area contributed by atoms with Crippen LogP contribution in [0.2, 0.25) is 0 Å². The topological polar surface area (TPSA) is 296 Å². The van der Waals surface area contributed by atoms with Crippen LogP contribution in [0, 0.1) is 17.8 Å². The van der Waals surface area contributed by atoms with Crippen molar-refractivity contribution in [2.45, 2.75) is 105 Å². The highest BCUT2D eigenvalue weighted by molar-refractivity contribution is 6.01. The van der Waals surface area contributed by atoms with Crippen LogP contribution in [0.1, 0.15) is 96.0 Å². The molecule has 0 heterocycles. The van der Waals surface area contributed by atoms with Gasteiger partial charge in [-0.1, -0.05) is 47.6 Å². The highest BCUT2D eigenvalue weighted by atomic mass is 16.5. The van der Waals surface area contributed by atoms with Gasteiger partial charge in [-0.25, -0.2) is 4.79 Å². The Hall–Kier alpha value is -5.59. The molecule has 0 aliphatic carbocycles. The predicted octanol–water partition coefficient (Wildman–Crippen LogP) is 0.530. The van der Waals surface area contributed by atoms with Crippen LogP contribution in [0.15, 0.2) is 18.2 Å². The summed E-state index contributed by atoms with van der Waals surface area (Å²) in [6.07, 6.45) is -0.172. The summed E-state index contributed by atoms with van der Waals surface area (Å²) in [6, 6.07) is -0.0900. The van der Waals surface area contributed by atoms with Gasteiger partial charge < -0.3 is 52.8 Å². The third kappa shape index (κ3) is 19.2. The number of hydrogen-bond donors (Lipinski definition) is 8. The Balaban J connectivity index is 3.19. The van der Waals surface area contributed by atoms with E-state index in [9.17, 15) is 43.2 Å². The van der Waals surface area contributed by atoms with Crippen LogP contribution >= 0.6 is 0 Å². The maximum atomic E-state index is 13.7. The molecule has 0 radical (unpaired) electrons. The maximum Gasteiger partial charge on any atom is 0.312 e. The van der Waals surface area contributed by atoms with Crippen LogP contribution in [0.4, 0.5) is 10.5 Å². The second kappa shape index (κ2) is 25.5. The lowest BCUT2D eigenvalue weighted by molar-refractivity contribution is -0.148. The normalized spacial score (nSPS) is 12.5. The quantitative estimate of drug-likeness (QED) is 0.0472. The standard InChI is InChI=1S/C38H60N8O11/c1-21(2)29(47)14-17-56-18-15-31(49)44-28(12-13-30(39)48)35(52)46-32(22(3)4)36(53)45-27(9-8-16-42-38(40)55)34(51)43-25-11-10-24(20-57-37(54)23(5)6)26(19-25)33(50)41-7/h10-11,19,21-23,27-28,32H,8-9,12-18,20H2,1-7H3,(H2,39,48)(H,41,50)(H,43,51)(H,44,49)(H,45,53)(H,46,52)(H3,40,42,55)/t27-,28-,32-/m0/s1. The number of carbonyl (C=O) groups excluding carboxylic acids is 9. The number of Topliss-reactive ketones (excluding diaryl/α,β-unsaturated/α-hetero) is 1. The number of anilines is 1. The number of ketones is 1. The van der Waals surface area contributed by atoms with E-state index in [1.54, 1.807) is 41.5 Å². The lowest BCUT2D eigenvalue weighted by Gasteiger charge is -2.27. The third-order valence-corrected chi connectivity index (χ3v) is 8.48. The van der Waals surface area contributed by atoms with Gasteiger partial charge in [0.1, 0.15) is 30.5 Å². The third-order valence-electron chi connectivity index (χ3n) is 8.48. The maximum absolute atomic E-state index is 13.7. The van der Waals surface area contributed by atoms with Gasteiger partial charge in [-0.05, 0) is 37.3 Å². The van der Waals surface area contributed by atoms with Crippen LogP contribution < -0.4 is 43.4 Å². The van der Waals surface area contributed by atoms with E-state index in [1.165, 1.54) is 25.2 Å². The van der Waals surface area contributed by atoms with Crippen LogP contribution in [0.5, 0.6) is 0 Å². The number of amides is 8. The summed E-state index contributed by atoms with van der Waals surface area (Å²) in [5.41, 5.74) is 11.2. The zero-order chi connectivity index (χ0) is 43.2. The van der Waals surface area contributed by atoms with E-state index in [0.717, 1.165) is 0 Å². The Kier molecular flexibility index (Phi) is 22.2. The Morgan fingerprint density at radius 1 is 0.737 bits per heavy atom. The minimum absolute atomic E-state index is 0.00709.